The van der Waals surface area contributed by atoms with Gasteiger partial charge >= 0.3 is 0 Å². The number of rotatable bonds is 8. The van der Waals surface area contributed by atoms with E-state index in [2.05, 4.69) is 36.4 Å². The van der Waals surface area contributed by atoms with Crippen LogP contribution in [0.5, 0.6) is 0 Å². The minimum absolute atomic E-state index is 0.104. The summed E-state index contributed by atoms with van der Waals surface area (Å²) in [6, 6.07) is 62.0. The standard InChI is InChI=1S/C60H41N/c1-3-11-42(12-4-1)43-19-21-44(22-20-43)45-25-33-53(34-26-45)61(54-35-27-46(28-36-54)51-32-39-57-52(41-51)24-23-48-15-7-9-17-56(48)57)55-37-29-50(30-38-55)60-58-18-10-8-16-49(58)31-40-59(60)47-13-5-2-6-14-47/h1-41H/i25D,26D,27D,28D,33D,34D,35D,36D. The van der Waals surface area contributed by atoms with Crippen LogP contribution in [-0.4, -0.2) is 0 Å². The molecule has 0 heterocycles. The first-order valence-electron chi connectivity index (χ1n) is 24.3. The summed E-state index contributed by atoms with van der Waals surface area (Å²) in [5.74, 6) is 0. The van der Waals surface area contributed by atoms with E-state index in [-0.39, 0.29) is 46.7 Å². The predicted molar refractivity (Wildman–Crippen MR) is 261 cm³/mol. The predicted octanol–water partition coefficient (Wildman–Crippen LogP) is 17.0. The van der Waals surface area contributed by atoms with Gasteiger partial charge in [-0.25, -0.2) is 0 Å². The van der Waals surface area contributed by atoms with E-state index in [0.29, 0.717) is 16.8 Å². The van der Waals surface area contributed by atoms with Gasteiger partial charge in [0.2, 0.25) is 0 Å². The summed E-state index contributed by atoms with van der Waals surface area (Å²) >= 11 is 0. The molecule has 61 heavy (non-hydrogen) atoms. The third-order valence-electron chi connectivity index (χ3n) is 11.4. The lowest BCUT2D eigenvalue weighted by Crippen LogP contribution is -2.09. The fourth-order valence-corrected chi connectivity index (χ4v) is 8.34. The summed E-state index contributed by atoms with van der Waals surface area (Å²) < 4.78 is 76.6. The molecule has 1 nitrogen and oxygen atoms in total. The van der Waals surface area contributed by atoms with E-state index in [0.717, 1.165) is 65.7 Å². The molecule has 0 aliphatic heterocycles. The van der Waals surface area contributed by atoms with E-state index in [9.17, 15) is 11.0 Å². The molecule has 11 aromatic carbocycles. The Balaban J connectivity index is 1.10. The first-order valence-corrected chi connectivity index (χ1v) is 20.3. The molecular formula is C60H41N. The molecule has 0 saturated carbocycles. The maximum atomic E-state index is 9.68. The van der Waals surface area contributed by atoms with Gasteiger partial charge in [0, 0.05) is 17.1 Å². The third-order valence-corrected chi connectivity index (χ3v) is 11.4. The topological polar surface area (TPSA) is 3.24 Å². The highest BCUT2D eigenvalue weighted by Crippen LogP contribution is 2.42. The maximum absolute atomic E-state index is 9.68. The lowest BCUT2D eigenvalue weighted by Gasteiger charge is -2.26. The van der Waals surface area contributed by atoms with Crippen molar-refractivity contribution in [1.82, 2.24) is 0 Å². The van der Waals surface area contributed by atoms with Crippen LogP contribution in [0.4, 0.5) is 17.1 Å². The second-order valence-electron chi connectivity index (χ2n) is 15.1. The zero-order chi connectivity index (χ0) is 47.5. The molecular weight excluding hydrogens is 735 g/mol. The lowest BCUT2D eigenvalue weighted by molar-refractivity contribution is 1.28. The summed E-state index contributed by atoms with van der Waals surface area (Å²) in [4.78, 5) is 1.37. The largest absolute Gasteiger partial charge is 0.311 e. The first kappa shape index (κ1) is 28.4. The van der Waals surface area contributed by atoms with Crippen molar-refractivity contribution < 1.29 is 11.0 Å². The molecule has 0 spiro atoms. The van der Waals surface area contributed by atoms with Crippen molar-refractivity contribution in [2.75, 3.05) is 4.90 Å². The van der Waals surface area contributed by atoms with E-state index in [1.54, 1.807) is 24.3 Å². The Labute approximate surface area is 368 Å². The molecule has 0 amide bonds. The Kier molecular flexibility index (Phi) is 7.29. The van der Waals surface area contributed by atoms with Gasteiger partial charge in [0.25, 0.3) is 0 Å². The first-order chi connectivity index (χ1) is 33.6. The fraction of sp³-hybridized carbons (Fsp3) is 0. The molecule has 0 radical (unpaired) electrons. The Morgan fingerprint density at radius 2 is 0.705 bits per heavy atom. The molecule has 286 valence electrons. The monoisotopic (exact) mass is 783 g/mol. The Hall–Kier alpha value is -8.00. The second kappa shape index (κ2) is 15.6. The van der Waals surface area contributed by atoms with Gasteiger partial charge in [0.05, 0.1) is 11.0 Å². The molecule has 0 N–H and O–H groups in total. The molecule has 0 aromatic heterocycles. The second-order valence-corrected chi connectivity index (χ2v) is 15.1. The molecule has 0 aliphatic carbocycles. The molecule has 0 unspecified atom stereocenters. The van der Waals surface area contributed by atoms with Crippen LogP contribution in [0.1, 0.15) is 11.0 Å². The fourth-order valence-electron chi connectivity index (χ4n) is 8.34. The lowest BCUT2D eigenvalue weighted by atomic mass is 9.89. The number of hydrogen-bond acceptors (Lipinski definition) is 1. The highest BCUT2D eigenvalue weighted by molar-refractivity contribution is 6.08. The van der Waals surface area contributed by atoms with Crippen molar-refractivity contribution in [3.05, 3.63) is 249 Å². The van der Waals surface area contributed by atoms with Gasteiger partial charge in [-0.1, -0.05) is 206 Å². The molecule has 11 rings (SSSR count). The van der Waals surface area contributed by atoms with Crippen LogP contribution in [0.3, 0.4) is 0 Å². The van der Waals surface area contributed by atoms with Gasteiger partial charge < -0.3 is 4.90 Å². The van der Waals surface area contributed by atoms with Crippen molar-refractivity contribution in [3.8, 4) is 55.6 Å². The van der Waals surface area contributed by atoms with Gasteiger partial charge in [0.15, 0.2) is 0 Å². The zero-order valence-corrected chi connectivity index (χ0v) is 33.0. The van der Waals surface area contributed by atoms with Crippen molar-refractivity contribution in [2.45, 2.75) is 0 Å². The number of hydrogen-bond donors (Lipinski definition) is 0. The van der Waals surface area contributed by atoms with Crippen LogP contribution in [0.15, 0.2) is 249 Å². The van der Waals surface area contributed by atoms with E-state index in [1.807, 2.05) is 140 Å². The molecule has 0 aliphatic rings. The number of benzene rings is 11. The SMILES string of the molecule is [2H]c1c([2H])c(N(c2ccc(-c3c(-c4ccccc4)ccc4ccccc34)cc2)c2c([2H])c([2H])c(-c3ccc4c(ccc5ccccc54)c3)c([2H])c2[2H])c([2H])c([2H])c1-c1ccc(-c2ccccc2)cc1. The van der Waals surface area contributed by atoms with E-state index in [1.165, 1.54) is 4.90 Å². The van der Waals surface area contributed by atoms with Crippen molar-refractivity contribution in [1.29, 1.82) is 0 Å². The summed E-state index contributed by atoms with van der Waals surface area (Å²) in [7, 11) is 0. The van der Waals surface area contributed by atoms with E-state index < -0.39 is 24.2 Å². The Morgan fingerprint density at radius 3 is 1.36 bits per heavy atom. The highest BCUT2D eigenvalue weighted by Gasteiger charge is 2.17. The van der Waals surface area contributed by atoms with Gasteiger partial charge in [-0.3, -0.25) is 0 Å². The molecule has 11 aromatic rings. The Bertz CT molecular complexity index is 3740. The molecule has 0 fully saturated rings. The molecule has 0 saturated heterocycles. The number of fused-ring (bicyclic) bond motifs is 4. The number of anilines is 3. The summed E-state index contributed by atoms with van der Waals surface area (Å²) in [5, 5.41) is 6.11. The van der Waals surface area contributed by atoms with E-state index >= 15 is 0 Å². The molecule has 0 bridgehead atoms. The molecule has 0 atom stereocenters. The van der Waals surface area contributed by atoms with Crippen LogP contribution >= 0.6 is 0 Å². The minimum Gasteiger partial charge on any atom is -0.311 e. The van der Waals surface area contributed by atoms with E-state index in [4.69, 9.17) is 0 Å². The van der Waals surface area contributed by atoms with Crippen LogP contribution in [0.2, 0.25) is 0 Å². The van der Waals surface area contributed by atoms with Crippen molar-refractivity contribution in [2.24, 2.45) is 0 Å². The van der Waals surface area contributed by atoms with Crippen LogP contribution in [-0.2, 0) is 0 Å². The van der Waals surface area contributed by atoms with Gasteiger partial charge in [-0.15, -0.1) is 0 Å². The van der Waals surface area contributed by atoms with Crippen LogP contribution < -0.4 is 4.90 Å². The normalized spacial score (nSPS) is 13.1. The van der Waals surface area contributed by atoms with Crippen LogP contribution in [0, 0.1) is 0 Å². The average molecular weight is 784 g/mol. The highest BCUT2D eigenvalue weighted by atomic mass is 15.1. The molecule has 1 heteroatoms. The minimum atomic E-state index is -0.398. The van der Waals surface area contributed by atoms with Gasteiger partial charge in [-0.05, 0) is 130 Å². The summed E-state index contributed by atoms with van der Waals surface area (Å²) in [6.07, 6.45) is 0. The van der Waals surface area contributed by atoms with Crippen molar-refractivity contribution in [3.63, 3.8) is 0 Å². The van der Waals surface area contributed by atoms with Gasteiger partial charge in [-0.2, -0.15) is 0 Å². The summed E-state index contributed by atoms with van der Waals surface area (Å²) in [5.41, 5.74) is 6.97. The average Bonchev–Trinajstić information content (AvgIpc) is 3.40. The van der Waals surface area contributed by atoms with Crippen LogP contribution in [0.25, 0.3) is 88.0 Å². The Morgan fingerprint density at radius 1 is 0.262 bits per heavy atom. The quantitative estimate of drug-likeness (QED) is 0.139. The number of nitrogens with zero attached hydrogens (tertiary/aromatic N) is 1. The third kappa shape index (κ3) is 6.93. The zero-order valence-electron chi connectivity index (χ0n) is 41.0. The summed E-state index contributed by atoms with van der Waals surface area (Å²) in [6.45, 7) is 0. The van der Waals surface area contributed by atoms with Crippen molar-refractivity contribution >= 4 is 49.4 Å². The van der Waals surface area contributed by atoms with Gasteiger partial charge in [0.1, 0.15) is 0 Å². The maximum Gasteiger partial charge on any atom is 0.0645 e. The smallest absolute Gasteiger partial charge is 0.0645 e.